The molecule has 102 valence electrons. The minimum absolute atomic E-state index is 0.292. The van der Waals surface area contributed by atoms with Gasteiger partial charge >= 0.3 is 0 Å². The van der Waals surface area contributed by atoms with Gasteiger partial charge in [-0.2, -0.15) is 0 Å². The minimum atomic E-state index is 0.292. The van der Waals surface area contributed by atoms with Crippen LogP contribution in [0.25, 0.3) is 0 Å². The van der Waals surface area contributed by atoms with E-state index in [1.54, 1.807) is 6.26 Å². The summed E-state index contributed by atoms with van der Waals surface area (Å²) in [4.78, 5) is 0. The van der Waals surface area contributed by atoms with E-state index in [2.05, 4.69) is 62.3 Å². The Morgan fingerprint density at radius 1 is 1.26 bits per heavy atom. The molecule has 0 radical (unpaired) electrons. The summed E-state index contributed by atoms with van der Waals surface area (Å²) in [5.41, 5.74) is 2.49. The molecule has 1 aromatic carbocycles. The highest BCUT2D eigenvalue weighted by Crippen LogP contribution is 2.29. The molecule has 1 heterocycles. The third kappa shape index (κ3) is 4.20. The number of hydrogen-bond donors (Lipinski definition) is 1. The Balaban J connectivity index is 2.20. The fourth-order valence-corrected chi connectivity index (χ4v) is 3.36. The first-order valence-electron chi connectivity index (χ1n) is 6.40. The van der Waals surface area contributed by atoms with Crippen molar-refractivity contribution in [1.29, 1.82) is 0 Å². The van der Waals surface area contributed by atoms with Crippen molar-refractivity contribution in [2.24, 2.45) is 0 Å². The first kappa shape index (κ1) is 14.8. The summed E-state index contributed by atoms with van der Waals surface area (Å²) >= 11 is 7.14. The molecule has 0 aliphatic carbocycles. The molecular formula is C15H17Br2NO. The smallest absolute Gasteiger partial charge is 0.0935 e. The molecule has 1 aromatic heterocycles. The molecule has 2 aromatic rings. The first-order valence-corrected chi connectivity index (χ1v) is 7.98. The maximum absolute atomic E-state index is 5.16. The van der Waals surface area contributed by atoms with E-state index in [0.717, 1.165) is 28.3 Å². The Labute approximate surface area is 130 Å². The van der Waals surface area contributed by atoms with Gasteiger partial charge in [0.2, 0.25) is 0 Å². The highest BCUT2D eigenvalue weighted by Gasteiger charge is 2.15. The molecule has 0 fully saturated rings. The van der Waals surface area contributed by atoms with Crippen molar-refractivity contribution in [2.75, 3.05) is 6.54 Å². The van der Waals surface area contributed by atoms with Gasteiger partial charge in [-0.1, -0.05) is 44.8 Å². The van der Waals surface area contributed by atoms with Crippen molar-refractivity contribution in [2.45, 2.75) is 25.8 Å². The fourth-order valence-electron chi connectivity index (χ4n) is 2.04. The van der Waals surface area contributed by atoms with E-state index in [1.165, 1.54) is 11.1 Å². The summed E-state index contributed by atoms with van der Waals surface area (Å²) < 4.78 is 7.37. The van der Waals surface area contributed by atoms with Gasteiger partial charge in [0.25, 0.3) is 0 Å². The van der Waals surface area contributed by atoms with Crippen molar-refractivity contribution in [3.05, 3.63) is 56.9 Å². The van der Waals surface area contributed by atoms with E-state index >= 15 is 0 Å². The van der Waals surface area contributed by atoms with Crippen molar-refractivity contribution >= 4 is 31.9 Å². The number of hydrogen-bond acceptors (Lipinski definition) is 2. The van der Waals surface area contributed by atoms with Crippen LogP contribution in [-0.4, -0.2) is 6.54 Å². The number of nitrogens with one attached hydrogen (secondary N) is 1. The largest absolute Gasteiger partial charge is 0.472 e. The second-order valence-electron chi connectivity index (χ2n) is 4.51. The molecule has 2 nitrogen and oxygen atoms in total. The van der Waals surface area contributed by atoms with Gasteiger partial charge in [-0.25, -0.2) is 0 Å². The molecule has 0 spiro atoms. The zero-order valence-electron chi connectivity index (χ0n) is 10.8. The van der Waals surface area contributed by atoms with Crippen molar-refractivity contribution < 1.29 is 4.42 Å². The number of benzene rings is 1. The van der Waals surface area contributed by atoms with E-state index in [9.17, 15) is 0 Å². The summed E-state index contributed by atoms with van der Waals surface area (Å²) in [6.45, 7) is 3.18. The van der Waals surface area contributed by atoms with E-state index in [1.807, 2.05) is 12.3 Å². The molecule has 1 N–H and O–H groups in total. The SMILES string of the molecule is CCCNC(Cc1ccoc1)c1ccc(Br)cc1Br. The van der Waals surface area contributed by atoms with Crippen LogP contribution in [0.5, 0.6) is 0 Å². The van der Waals surface area contributed by atoms with Crippen LogP contribution < -0.4 is 5.32 Å². The zero-order valence-corrected chi connectivity index (χ0v) is 14.0. The summed E-state index contributed by atoms with van der Waals surface area (Å²) in [5, 5.41) is 3.60. The standard InChI is InChI=1S/C15H17Br2NO/c1-2-6-18-15(8-11-5-7-19-10-11)13-4-3-12(16)9-14(13)17/h3-5,7,9-10,15,18H,2,6,8H2,1H3. The maximum atomic E-state index is 5.16. The van der Waals surface area contributed by atoms with Gasteiger partial charge in [0.05, 0.1) is 12.5 Å². The second kappa shape index (κ2) is 7.27. The lowest BCUT2D eigenvalue weighted by Gasteiger charge is -2.20. The molecule has 0 saturated carbocycles. The average Bonchev–Trinajstić information content (AvgIpc) is 2.88. The summed E-state index contributed by atoms with van der Waals surface area (Å²) in [6, 6.07) is 8.64. The zero-order chi connectivity index (χ0) is 13.7. The van der Waals surface area contributed by atoms with Gasteiger partial charge in [0.15, 0.2) is 0 Å². The quantitative estimate of drug-likeness (QED) is 0.747. The van der Waals surface area contributed by atoms with E-state index < -0.39 is 0 Å². The number of furan rings is 1. The van der Waals surface area contributed by atoms with Crippen molar-refractivity contribution in [3.63, 3.8) is 0 Å². The summed E-state index contributed by atoms with van der Waals surface area (Å²) in [5.74, 6) is 0. The Morgan fingerprint density at radius 3 is 2.74 bits per heavy atom. The fraction of sp³-hybridized carbons (Fsp3) is 0.333. The van der Waals surface area contributed by atoms with Crippen LogP contribution in [0.2, 0.25) is 0 Å². The predicted molar refractivity (Wildman–Crippen MR) is 85.3 cm³/mol. The van der Waals surface area contributed by atoms with Crippen LogP contribution in [0.15, 0.2) is 50.2 Å². The molecule has 0 saturated heterocycles. The molecule has 0 aliphatic heterocycles. The van der Waals surface area contributed by atoms with Crippen LogP contribution in [-0.2, 0) is 6.42 Å². The Hall–Kier alpha value is -0.580. The molecule has 0 bridgehead atoms. The van der Waals surface area contributed by atoms with Gasteiger partial charge in [-0.15, -0.1) is 0 Å². The first-order chi connectivity index (χ1) is 9.20. The van der Waals surface area contributed by atoms with Crippen LogP contribution in [0.4, 0.5) is 0 Å². The number of halogens is 2. The maximum Gasteiger partial charge on any atom is 0.0935 e. The molecule has 0 amide bonds. The summed E-state index contributed by atoms with van der Waals surface area (Å²) in [6.07, 6.45) is 5.59. The van der Waals surface area contributed by atoms with Gasteiger partial charge < -0.3 is 9.73 Å². The molecule has 4 heteroatoms. The topological polar surface area (TPSA) is 25.2 Å². The average molecular weight is 387 g/mol. The van der Waals surface area contributed by atoms with E-state index in [-0.39, 0.29) is 0 Å². The molecule has 0 aliphatic rings. The molecule has 2 rings (SSSR count). The van der Waals surface area contributed by atoms with Crippen LogP contribution in [0, 0.1) is 0 Å². The Kier molecular flexibility index (Phi) is 5.67. The monoisotopic (exact) mass is 385 g/mol. The lowest BCUT2D eigenvalue weighted by Crippen LogP contribution is -2.24. The molecule has 1 unspecified atom stereocenters. The summed E-state index contributed by atoms with van der Waals surface area (Å²) in [7, 11) is 0. The predicted octanol–water partition coefficient (Wildman–Crippen LogP) is 5.09. The van der Waals surface area contributed by atoms with Crippen molar-refractivity contribution in [1.82, 2.24) is 5.32 Å². The second-order valence-corrected chi connectivity index (χ2v) is 6.28. The normalized spacial score (nSPS) is 12.6. The third-order valence-electron chi connectivity index (χ3n) is 3.00. The highest BCUT2D eigenvalue weighted by molar-refractivity contribution is 9.11. The highest BCUT2D eigenvalue weighted by atomic mass is 79.9. The van der Waals surface area contributed by atoms with Gasteiger partial charge in [0.1, 0.15) is 0 Å². The minimum Gasteiger partial charge on any atom is -0.472 e. The Bertz CT molecular complexity index is 511. The van der Waals surface area contributed by atoms with Crippen LogP contribution in [0.3, 0.4) is 0 Å². The Morgan fingerprint density at radius 2 is 2.11 bits per heavy atom. The van der Waals surface area contributed by atoms with Crippen molar-refractivity contribution in [3.8, 4) is 0 Å². The third-order valence-corrected chi connectivity index (χ3v) is 4.18. The molecule has 1 atom stereocenters. The molecule has 19 heavy (non-hydrogen) atoms. The van der Waals surface area contributed by atoms with Crippen LogP contribution >= 0.6 is 31.9 Å². The van der Waals surface area contributed by atoms with Gasteiger partial charge in [-0.05, 0) is 48.7 Å². The van der Waals surface area contributed by atoms with Gasteiger partial charge in [0, 0.05) is 15.0 Å². The van der Waals surface area contributed by atoms with Gasteiger partial charge in [-0.3, -0.25) is 0 Å². The van der Waals surface area contributed by atoms with E-state index in [0.29, 0.717) is 6.04 Å². The lowest BCUT2D eigenvalue weighted by atomic mass is 10.0. The molecular weight excluding hydrogens is 370 g/mol. The number of rotatable bonds is 6. The lowest BCUT2D eigenvalue weighted by molar-refractivity contribution is 0.519. The van der Waals surface area contributed by atoms with E-state index in [4.69, 9.17) is 4.42 Å². The van der Waals surface area contributed by atoms with Crippen LogP contribution in [0.1, 0.15) is 30.5 Å².